The van der Waals surface area contributed by atoms with Gasteiger partial charge in [0.25, 0.3) is 0 Å². The van der Waals surface area contributed by atoms with Crippen molar-refractivity contribution >= 4 is 11.8 Å². The molecule has 2 amide bonds. The van der Waals surface area contributed by atoms with E-state index in [-0.39, 0.29) is 30.3 Å². The molecule has 0 bridgehead atoms. The van der Waals surface area contributed by atoms with Crippen LogP contribution in [-0.2, 0) is 9.59 Å². The van der Waals surface area contributed by atoms with E-state index in [1.54, 1.807) is 4.90 Å². The second-order valence-corrected chi connectivity index (χ2v) is 3.75. The molecule has 14 heavy (non-hydrogen) atoms. The normalized spacial score (nSPS) is 27.9. The van der Waals surface area contributed by atoms with Gasteiger partial charge in [-0.25, -0.2) is 0 Å². The van der Waals surface area contributed by atoms with Crippen LogP contribution >= 0.6 is 0 Å². The third-order valence-corrected chi connectivity index (χ3v) is 2.72. The number of carbonyl (C=O) groups is 2. The van der Waals surface area contributed by atoms with E-state index in [0.29, 0.717) is 13.0 Å². The number of likely N-dealkylation sites (tertiary alicyclic amines) is 1. The number of rotatable bonds is 3. The first-order valence-corrected chi connectivity index (χ1v) is 4.85. The minimum absolute atomic E-state index is 0.00981. The van der Waals surface area contributed by atoms with Crippen molar-refractivity contribution in [1.29, 1.82) is 0 Å². The fourth-order valence-corrected chi connectivity index (χ4v) is 1.69. The van der Waals surface area contributed by atoms with Gasteiger partial charge in [0.1, 0.15) is 0 Å². The lowest BCUT2D eigenvalue weighted by atomic mass is 9.97. The summed E-state index contributed by atoms with van der Waals surface area (Å²) in [5.74, 6) is -0.315. The van der Waals surface area contributed by atoms with Crippen molar-refractivity contribution in [2.45, 2.75) is 38.3 Å². The molecule has 1 saturated heterocycles. The molecule has 0 aromatic heterocycles. The number of hydrogen-bond donors (Lipinski definition) is 2. The molecule has 0 saturated carbocycles. The largest absolute Gasteiger partial charge is 0.370 e. The fourth-order valence-electron chi connectivity index (χ4n) is 1.69. The van der Waals surface area contributed by atoms with Crippen LogP contribution in [0, 0.1) is 0 Å². The molecule has 5 heteroatoms. The average Bonchev–Trinajstić information content (AvgIpc) is 2.11. The van der Waals surface area contributed by atoms with E-state index in [1.807, 2.05) is 6.92 Å². The lowest BCUT2D eigenvalue weighted by Gasteiger charge is -2.37. The predicted molar refractivity (Wildman–Crippen MR) is 52.2 cm³/mol. The van der Waals surface area contributed by atoms with Crippen LogP contribution < -0.4 is 11.5 Å². The molecule has 0 aliphatic carbocycles. The minimum Gasteiger partial charge on any atom is -0.370 e. The molecule has 80 valence electrons. The Morgan fingerprint density at radius 3 is 2.86 bits per heavy atom. The third-order valence-electron chi connectivity index (χ3n) is 2.72. The Kier molecular flexibility index (Phi) is 3.46. The molecule has 1 fully saturated rings. The van der Waals surface area contributed by atoms with Gasteiger partial charge in [-0.3, -0.25) is 9.59 Å². The van der Waals surface area contributed by atoms with E-state index in [4.69, 9.17) is 11.5 Å². The van der Waals surface area contributed by atoms with Gasteiger partial charge in [0.2, 0.25) is 11.8 Å². The maximum absolute atomic E-state index is 11.5. The fraction of sp³-hybridized carbons (Fsp3) is 0.778. The van der Waals surface area contributed by atoms with Gasteiger partial charge in [-0.1, -0.05) is 0 Å². The zero-order valence-corrected chi connectivity index (χ0v) is 8.40. The highest BCUT2D eigenvalue weighted by Crippen LogP contribution is 2.16. The van der Waals surface area contributed by atoms with Crippen molar-refractivity contribution in [1.82, 2.24) is 4.90 Å². The standard InChI is InChI=1S/C9H17N3O2/c1-6-7(10)2-3-9(14)12(6)5-4-8(11)13/h6-7H,2-5,10H2,1H3,(H2,11,13). The number of nitrogens with two attached hydrogens (primary N) is 2. The van der Waals surface area contributed by atoms with Crippen LogP contribution in [0.3, 0.4) is 0 Å². The molecule has 1 aliphatic heterocycles. The summed E-state index contributed by atoms with van der Waals surface area (Å²) in [5.41, 5.74) is 10.9. The molecular weight excluding hydrogens is 182 g/mol. The van der Waals surface area contributed by atoms with E-state index in [9.17, 15) is 9.59 Å². The Labute approximate surface area is 83.4 Å². The van der Waals surface area contributed by atoms with Gasteiger partial charge in [-0.15, -0.1) is 0 Å². The van der Waals surface area contributed by atoms with Gasteiger partial charge in [0.05, 0.1) is 0 Å². The maximum Gasteiger partial charge on any atom is 0.222 e. The monoisotopic (exact) mass is 199 g/mol. The molecule has 0 aromatic carbocycles. The van der Waals surface area contributed by atoms with Crippen molar-refractivity contribution < 1.29 is 9.59 Å². The highest BCUT2D eigenvalue weighted by molar-refractivity contribution is 5.79. The van der Waals surface area contributed by atoms with Gasteiger partial charge in [-0.2, -0.15) is 0 Å². The Bertz CT molecular complexity index is 242. The van der Waals surface area contributed by atoms with Gasteiger partial charge in [0, 0.05) is 31.5 Å². The van der Waals surface area contributed by atoms with Crippen LogP contribution in [-0.4, -0.2) is 35.3 Å². The molecular formula is C9H17N3O2. The average molecular weight is 199 g/mol. The summed E-state index contributed by atoms with van der Waals surface area (Å²) in [6.45, 7) is 2.30. The second-order valence-electron chi connectivity index (χ2n) is 3.75. The Hall–Kier alpha value is -1.10. The van der Waals surface area contributed by atoms with E-state index >= 15 is 0 Å². The van der Waals surface area contributed by atoms with Crippen LogP contribution in [0.5, 0.6) is 0 Å². The van der Waals surface area contributed by atoms with Crippen LogP contribution in [0.25, 0.3) is 0 Å². The highest BCUT2D eigenvalue weighted by Gasteiger charge is 2.30. The van der Waals surface area contributed by atoms with Crippen molar-refractivity contribution in [2.75, 3.05) is 6.54 Å². The summed E-state index contributed by atoms with van der Waals surface area (Å²) in [6, 6.07) is 0.0242. The van der Waals surface area contributed by atoms with E-state index < -0.39 is 0 Å². The summed E-state index contributed by atoms with van der Waals surface area (Å²) in [7, 11) is 0. The lowest BCUT2D eigenvalue weighted by Crippen LogP contribution is -2.53. The van der Waals surface area contributed by atoms with Gasteiger partial charge in [0.15, 0.2) is 0 Å². The molecule has 1 heterocycles. The summed E-state index contributed by atoms with van der Waals surface area (Å²) >= 11 is 0. The summed E-state index contributed by atoms with van der Waals surface area (Å²) in [5, 5.41) is 0. The number of carbonyl (C=O) groups excluding carboxylic acids is 2. The second kappa shape index (κ2) is 4.41. The van der Waals surface area contributed by atoms with E-state index in [2.05, 4.69) is 0 Å². The van der Waals surface area contributed by atoms with Crippen LogP contribution in [0.2, 0.25) is 0 Å². The molecule has 0 radical (unpaired) electrons. The summed E-state index contributed by atoms with van der Waals surface area (Å²) in [4.78, 5) is 23.7. The quantitative estimate of drug-likeness (QED) is 0.623. The molecule has 1 rings (SSSR count). The first kappa shape index (κ1) is 11.0. The number of hydrogen-bond acceptors (Lipinski definition) is 3. The first-order chi connectivity index (χ1) is 6.52. The Balaban J connectivity index is 2.54. The van der Waals surface area contributed by atoms with Crippen LogP contribution in [0.4, 0.5) is 0 Å². The van der Waals surface area contributed by atoms with Gasteiger partial charge >= 0.3 is 0 Å². The Morgan fingerprint density at radius 1 is 1.64 bits per heavy atom. The number of primary amides is 1. The Morgan fingerprint density at radius 2 is 2.29 bits per heavy atom. The van der Waals surface area contributed by atoms with E-state index in [0.717, 1.165) is 6.42 Å². The van der Waals surface area contributed by atoms with Crippen molar-refractivity contribution in [3.05, 3.63) is 0 Å². The van der Waals surface area contributed by atoms with Gasteiger partial charge < -0.3 is 16.4 Å². The van der Waals surface area contributed by atoms with Crippen LogP contribution in [0.15, 0.2) is 0 Å². The number of amides is 2. The molecule has 0 spiro atoms. The van der Waals surface area contributed by atoms with Crippen molar-refractivity contribution in [3.63, 3.8) is 0 Å². The third kappa shape index (κ3) is 2.45. The number of piperidine rings is 1. The molecule has 2 atom stereocenters. The topological polar surface area (TPSA) is 89.4 Å². The SMILES string of the molecule is CC1C(N)CCC(=O)N1CCC(N)=O. The molecule has 4 N–H and O–H groups in total. The molecule has 2 unspecified atom stereocenters. The van der Waals surface area contributed by atoms with Gasteiger partial charge in [-0.05, 0) is 13.3 Å². The summed E-state index contributed by atoms with van der Waals surface area (Å²) < 4.78 is 0. The predicted octanol–water partition coefficient (Wildman–Crippen LogP) is -0.800. The first-order valence-electron chi connectivity index (χ1n) is 4.85. The molecule has 0 aromatic rings. The smallest absolute Gasteiger partial charge is 0.222 e. The van der Waals surface area contributed by atoms with Crippen molar-refractivity contribution in [2.24, 2.45) is 11.5 Å². The zero-order chi connectivity index (χ0) is 10.7. The highest BCUT2D eigenvalue weighted by atomic mass is 16.2. The maximum atomic E-state index is 11.5. The zero-order valence-electron chi connectivity index (χ0n) is 8.40. The van der Waals surface area contributed by atoms with E-state index in [1.165, 1.54) is 0 Å². The van der Waals surface area contributed by atoms with Crippen molar-refractivity contribution in [3.8, 4) is 0 Å². The minimum atomic E-state index is -0.385. The molecule has 1 aliphatic rings. The molecule has 5 nitrogen and oxygen atoms in total. The summed E-state index contributed by atoms with van der Waals surface area (Å²) in [6.07, 6.45) is 1.42. The lowest BCUT2D eigenvalue weighted by molar-refractivity contribution is -0.137. The van der Waals surface area contributed by atoms with Crippen LogP contribution in [0.1, 0.15) is 26.2 Å². The number of nitrogens with zero attached hydrogens (tertiary/aromatic N) is 1.